The molecule has 0 aliphatic heterocycles. The molecule has 2 N–H and O–H groups in total. The van der Waals surface area contributed by atoms with E-state index in [1.54, 1.807) is 6.92 Å². The molecule has 18 heavy (non-hydrogen) atoms. The van der Waals surface area contributed by atoms with E-state index in [9.17, 15) is 8.42 Å². The van der Waals surface area contributed by atoms with Gasteiger partial charge in [0.25, 0.3) is 0 Å². The van der Waals surface area contributed by atoms with Gasteiger partial charge in [0.05, 0.1) is 5.41 Å². The van der Waals surface area contributed by atoms with Crippen molar-refractivity contribution >= 4 is 9.84 Å². The monoisotopic (exact) mass is 275 g/mol. The molecule has 0 bridgehead atoms. The predicted molar refractivity (Wildman–Crippen MR) is 68.9 cm³/mol. The molecule has 1 atom stereocenters. The van der Waals surface area contributed by atoms with Gasteiger partial charge in [0, 0.05) is 12.8 Å². The molecule has 1 unspecified atom stereocenters. The second-order valence-electron chi connectivity index (χ2n) is 4.62. The minimum Gasteiger partial charge on any atom is -0.339 e. The maximum absolute atomic E-state index is 11.5. The van der Waals surface area contributed by atoms with Crippen molar-refractivity contribution in [1.82, 2.24) is 10.1 Å². The topological polar surface area (TPSA) is 99.1 Å². The van der Waals surface area contributed by atoms with Crippen LogP contribution >= 0.6 is 0 Å². The van der Waals surface area contributed by atoms with Gasteiger partial charge in [0.1, 0.15) is 5.25 Å². The summed E-state index contributed by atoms with van der Waals surface area (Å²) in [6.45, 7) is 5.95. The molecule has 0 fully saturated rings. The second kappa shape index (κ2) is 5.36. The van der Waals surface area contributed by atoms with Crippen LogP contribution in [-0.2, 0) is 15.3 Å². The van der Waals surface area contributed by atoms with Crippen molar-refractivity contribution in [2.75, 3.05) is 12.8 Å². The largest absolute Gasteiger partial charge is 0.339 e. The lowest BCUT2D eigenvalue weighted by Gasteiger charge is -2.24. The second-order valence-corrected chi connectivity index (χ2v) is 6.99. The van der Waals surface area contributed by atoms with Gasteiger partial charge in [0.2, 0.25) is 5.89 Å². The molecule has 7 heteroatoms. The number of hydrogen-bond donors (Lipinski definition) is 1. The number of nitrogens with two attached hydrogens (primary N) is 1. The quantitative estimate of drug-likeness (QED) is 0.837. The van der Waals surface area contributed by atoms with Crippen LogP contribution < -0.4 is 5.73 Å². The molecule has 0 aromatic carbocycles. The Bertz CT molecular complexity index is 483. The average molecular weight is 275 g/mol. The van der Waals surface area contributed by atoms with E-state index in [1.165, 1.54) is 0 Å². The van der Waals surface area contributed by atoms with Crippen molar-refractivity contribution in [3.05, 3.63) is 11.7 Å². The van der Waals surface area contributed by atoms with Crippen LogP contribution in [0.25, 0.3) is 0 Å². The third-order valence-electron chi connectivity index (χ3n) is 3.65. The van der Waals surface area contributed by atoms with Crippen molar-refractivity contribution in [3.63, 3.8) is 0 Å². The zero-order valence-corrected chi connectivity index (χ0v) is 12.1. The van der Waals surface area contributed by atoms with Crippen LogP contribution in [-0.4, -0.2) is 31.4 Å². The van der Waals surface area contributed by atoms with Gasteiger partial charge in [-0.1, -0.05) is 19.0 Å². The normalized spacial score (nSPS) is 14.7. The molecule has 1 rings (SSSR count). The Kier molecular flexibility index (Phi) is 4.50. The molecule has 104 valence electrons. The Morgan fingerprint density at radius 1 is 1.39 bits per heavy atom. The summed E-state index contributed by atoms with van der Waals surface area (Å²) in [5, 5.41) is 3.01. The van der Waals surface area contributed by atoms with Gasteiger partial charge >= 0.3 is 0 Å². The molecule has 0 spiro atoms. The van der Waals surface area contributed by atoms with E-state index in [-0.39, 0.29) is 11.2 Å². The van der Waals surface area contributed by atoms with Gasteiger partial charge in [-0.25, -0.2) is 8.42 Å². The predicted octanol–water partition coefficient (Wildman–Crippen LogP) is 1.19. The number of aromatic nitrogens is 2. The van der Waals surface area contributed by atoms with Crippen LogP contribution in [0.1, 0.15) is 50.6 Å². The number of nitrogens with zero attached hydrogens (tertiary/aromatic N) is 2. The van der Waals surface area contributed by atoms with Crippen LogP contribution in [0.2, 0.25) is 0 Å². The first kappa shape index (κ1) is 15.1. The molecule has 1 heterocycles. The van der Waals surface area contributed by atoms with Crippen LogP contribution in [0.3, 0.4) is 0 Å². The van der Waals surface area contributed by atoms with Crippen molar-refractivity contribution in [1.29, 1.82) is 0 Å². The molecular formula is C11H21N3O3S. The van der Waals surface area contributed by atoms with E-state index in [2.05, 4.69) is 10.1 Å². The minimum absolute atomic E-state index is 0.201. The number of rotatable bonds is 6. The zero-order valence-electron chi connectivity index (χ0n) is 11.3. The fourth-order valence-electron chi connectivity index (χ4n) is 1.74. The number of hydrogen-bond acceptors (Lipinski definition) is 6. The highest BCUT2D eigenvalue weighted by molar-refractivity contribution is 7.90. The Labute approximate surface area is 108 Å². The highest BCUT2D eigenvalue weighted by atomic mass is 32.2. The summed E-state index contributed by atoms with van der Waals surface area (Å²) in [5.41, 5.74) is 5.43. The lowest BCUT2D eigenvalue weighted by Crippen LogP contribution is -2.34. The molecule has 1 aromatic rings. The van der Waals surface area contributed by atoms with E-state index in [0.29, 0.717) is 12.4 Å². The summed E-state index contributed by atoms with van der Waals surface area (Å²) < 4.78 is 28.1. The Balaban J connectivity index is 3.13. The van der Waals surface area contributed by atoms with E-state index >= 15 is 0 Å². The smallest absolute Gasteiger partial charge is 0.234 e. The molecule has 0 amide bonds. The highest BCUT2D eigenvalue weighted by Crippen LogP contribution is 2.30. The maximum Gasteiger partial charge on any atom is 0.234 e. The van der Waals surface area contributed by atoms with E-state index in [0.717, 1.165) is 19.1 Å². The van der Waals surface area contributed by atoms with E-state index in [1.807, 2.05) is 13.8 Å². The van der Waals surface area contributed by atoms with E-state index in [4.69, 9.17) is 10.3 Å². The lowest BCUT2D eigenvalue weighted by molar-refractivity contribution is 0.266. The summed E-state index contributed by atoms with van der Waals surface area (Å²) in [6, 6.07) is 0. The Hall–Kier alpha value is -0.950. The van der Waals surface area contributed by atoms with Gasteiger partial charge in [-0.05, 0) is 19.8 Å². The molecule has 0 saturated carbocycles. The summed E-state index contributed by atoms with van der Waals surface area (Å²) >= 11 is 0. The Morgan fingerprint density at radius 3 is 2.33 bits per heavy atom. The number of sulfone groups is 1. The first-order valence-electron chi connectivity index (χ1n) is 6.03. The standard InChI is InChI=1S/C11H21N3O3S/c1-5-11(6-2,7-12)10-13-9(14-17-10)8(3)18(4,15)16/h8H,5-7,12H2,1-4H3. The van der Waals surface area contributed by atoms with Crippen molar-refractivity contribution in [2.45, 2.75) is 44.3 Å². The summed E-state index contributed by atoms with van der Waals surface area (Å²) in [4.78, 5) is 4.22. The van der Waals surface area contributed by atoms with Gasteiger partial charge in [-0.2, -0.15) is 4.98 Å². The van der Waals surface area contributed by atoms with Crippen molar-refractivity contribution in [3.8, 4) is 0 Å². The zero-order chi connectivity index (χ0) is 14.0. The Morgan fingerprint density at radius 2 is 1.94 bits per heavy atom. The summed E-state index contributed by atoms with van der Waals surface area (Å²) in [5.74, 6) is 0.632. The molecule has 0 saturated heterocycles. The summed E-state index contributed by atoms with van der Waals surface area (Å²) in [6.07, 6.45) is 2.70. The molecule has 0 aliphatic rings. The van der Waals surface area contributed by atoms with Gasteiger partial charge < -0.3 is 10.3 Å². The average Bonchev–Trinajstić information content (AvgIpc) is 2.80. The minimum atomic E-state index is -3.22. The molecule has 0 aliphatic carbocycles. The van der Waals surface area contributed by atoms with Crippen LogP contribution in [0.5, 0.6) is 0 Å². The van der Waals surface area contributed by atoms with E-state index < -0.39 is 15.1 Å². The van der Waals surface area contributed by atoms with Crippen LogP contribution in [0.15, 0.2) is 4.52 Å². The van der Waals surface area contributed by atoms with Crippen molar-refractivity contribution in [2.24, 2.45) is 5.73 Å². The van der Waals surface area contributed by atoms with Crippen LogP contribution in [0, 0.1) is 0 Å². The molecular weight excluding hydrogens is 254 g/mol. The highest BCUT2D eigenvalue weighted by Gasteiger charge is 2.34. The van der Waals surface area contributed by atoms with Gasteiger partial charge in [-0.3, -0.25) is 0 Å². The third kappa shape index (κ3) is 2.72. The summed E-state index contributed by atoms with van der Waals surface area (Å²) in [7, 11) is -3.22. The van der Waals surface area contributed by atoms with Gasteiger partial charge in [0.15, 0.2) is 15.7 Å². The SMILES string of the molecule is CCC(CC)(CN)c1nc(C(C)S(C)(=O)=O)no1. The third-order valence-corrected chi connectivity index (χ3v) is 5.14. The van der Waals surface area contributed by atoms with Crippen molar-refractivity contribution < 1.29 is 12.9 Å². The fourth-order valence-corrected chi connectivity index (χ4v) is 2.21. The van der Waals surface area contributed by atoms with Crippen LogP contribution in [0.4, 0.5) is 0 Å². The molecule has 1 aromatic heterocycles. The lowest BCUT2D eigenvalue weighted by atomic mass is 9.82. The van der Waals surface area contributed by atoms with Gasteiger partial charge in [-0.15, -0.1) is 0 Å². The first-order valence-corrected chi connectivity index (χ1v) is 7.99. The molecule has 6 nitrogen and oxygen atoms in total. The maximum atomic E-state index is 11.5. The first-order chi connectivity index (χ1) is 8.30. The molecule has 0 radical (unpaired) electrons. The fraction of sp³-hybridized carbons (Fsp3) is 0.818.